The Morgan fingerprint density at radius 3 is 2.56 bits per heavy atom. The summed E-state index contributed by atoms with van der Waals surface area (Å²) in [4.78, 5) is 10.8. The van der Waals surface area contributed by atoms with Crippen molar-refractivity contribution in [1.82, 2.24) is 0 Å². The summed E-state index contributed by atoms with van der Waals surface area (Å²) >= 11 is 0. The van der Waals surface area contributed by atoms with Gasteiger partial charge in [-0.05, 0) is 6.42 Å². The molecule has 2 atom stereocenters. The fourth-order valence-electron chi connectivity index (χ4n) is 1.18. The minimum atomic E-state index is -0.692. The van der Waals surface area contributed by atoms with E-state index in [-0.39, 0.29) is 11.7 Å². The van der Waals surface area contributed by atoms with Crippen molar-refractivity contribution in [2.45, 2.75) is 26.4 Å². The number of carbonyl (C=O) groups is 1. The Kier molecular flexibility index (Phi) is 1.49. The van der Waals surface area contributed by atoms with Crippen molar-refractivity contribution >= 4 is 5.78 Å². The Morgan fingerprint density at radius 1 is 1.78 bits per heavy atom. The maximum atomic E-state index is 10.8. The highest BCUT2D eigenvalue weighted by Crippen LogP contribution is 2.31. The van der Waals surface area contributed by atoms with Gasteiger partial charge in [-0.15, -0.1) is 0 Å². The summed E-state index contributed by atoms with van der Waals surface area (Å²) < 4.78 is 0. The van der Waals surface area contributed by atoms with E-state index in [2.05, 4.69) is 0 Å². The molecule has 50 valence electrons. The lowest BCUT2D eigenvalue weighted by molar-refractivity contribution is -0.430. The van der Waals surface area contributed by atoms with Crippen molar-refractivity contribution in [1.29, 1.82) is 0 Å². The largest absolute Gasteiger partial charge is 0.814 e. The van der Waals surface area contributed by atoms with Crippen molar-refractivity contribution in [3.05, 3.63) is 5.92 Å². The number of Topliss-reactive ketones (excluding diaryl/α,β-unsaturated/α-hetero) is 1. The average Bonchev–Trinajstić information content (AvgIpc) is 1.89. The van der Waals surface area contributed by atoms with E-state index in [1.807, 2.05) is 6.92 Å². The lowest BCUT2D eigenvalue weighted by Crippen LogP contribution is -2.56. The van der Waals surface area contributed by atoms with E-state index in [4.69, 9.17) is 0 Å². The van der Waals surface area contributed by atoms with Gasteiger partial charge in [0.1, 0.15) is 5.92 Å². The zero-order valence-electron chi connectivity index (χ0n) is 5.68. The summed E-state index contributed by atoms with van der Waals surface area (Å²) in [6.45, 7) is 3.51. The van der Waals surface area contributed by atoms with Crippen LogP contribution in [0.1, 0.15) is 20.3 Å². The summed E-state index contributed by atoms with van der Waals surface area (Å²) in [6.07, 6.45) is 0.00662. The predicted octanol–water partition coefficient (Wildman–Crippen LogP) is -0.0814. The first kappa shape index (κ1) is 6.62. The zero-order valence-corrected chi connectivity index (χ0v) is 5.68. The van der Waals surface area contributed by atoms with E-state index >= 15 is 0 Å². The van der Waals surface area contributed by atoms with E-state index < -0.39 is 6.10 Å². The molecule has 0 aromatic rings. The highest BCUT2D eigenvalue weighted by atomic mass is 16.3. The van der Waals surface area contributed by atoms with E-state index in [9.17, 15) is 9.90 Å². The van der Waals surface area contributed by atoms with Crippen LogP contribution in [0.2, 0.25) is 0 Å². The monoisotopic (exact) mass is 126 g/mol. The summed E-state index contributed by atoms with van der Waals surface area (Å²) in [5.74, 6) is 0.393. The topological polar surface area (TPSA) is 40.1 Å². The molecule has 0 heterocycles. The molecule has 1 aliphatic rings. The lowest BCUT2D eigenvalue weighted by atomic mass is 9.70. The van der Waals surface area contributed by atoms with Crippen LogP contribution < -0.4 is 5.11 Å². The van der Waals surface area contributed by atoms with Gasteiger partial charge in [0.2, 0.25) is 0 Å². The first-order chi connectivity index (χ1) is 4.18. The molecule has 0 radical (unpaired) electrons. The van der Waals surface area contributed by atoms with E-state index in [0.29, 0.717) is 12.3 Å². The van der Waals surface area contributed by atoms with Crippen LogP contribution in [-0.2, 0) is 4.79 Å². The van der Waals surface area contributed by atoms with Crippen molar-refractivity contribution in [3.8, 4) is 0 Å². The number of hydrogen-bond donors (Lipinski definition) is 0. The van der Waals surface area contributed by atoms with Gasteiger partial charge in [-0.1, -0.05) is 6.92 Å². The summed E-state index contributed by atoms with van der Waals surface area (Å²) in [5, 5.41) is 10.8. The second-order valence-electron chi connectivity index (χ2n) is 2.48. The number of hydrogen-bond acceptors (Lipinski definition) is 2. The van der Waals surface area contributed by atoms with Crippen LogP contribution in [0.3, 0.4) is 0 Å². The molecule has 1 aliphatic carbocycles. The molecule has 0 saturated heterocycles. The fraction of sp³-hybridized carbons (Fsp3) is 0.714. The molecule has 0 aromatic carbocycles. The molecule has 9 heavy (non-hydrogen) atoms. The molecule has 0 amide bonds. The fourth-order valence-corrected chi connectivity index (χ4v) is 1.18. The van der Waals surface area contributed by atoms with Crippen LogP contribution in [0.4, 0.5) is 0 Å². The predicted molar refractivity (Wildman–Crippen MR) is 31.5 cm³/mol. The van der Waals surface area contributed by atoms with Gasteiger partial charge in [0.25, 0.3) is 0 Å². The normalized spacial score (nSPS) is 34.6. The molecule has 0 N–H and O–H groups in total. The third-order valence-electron chi connectivity index (χ3n) is 1.96. The van der Waals surface area contributed by atoms with Gasteiger partial charge in [-0.2, -0.15) is 0 Å². The SMILES string of the molecule is CCC1C(=O)[C+](C)C1[O-]. The molecule has 0 aromatic heterocycles. The molecule has 1 rings (SSSR count). The van der Waals surface area contributed by atoms with Crippen LogP contribution >= 0.6 is 0 Å². The van der Waals surface area contributed by atoms with Crippen LogP contribution in [-0.4, -0.2) is 11.9 Å². The number of rotatable bonds is 1. The lowest BCUT2D eigenvalue weighted by Gasteiger charge is -2.34. The van der Waals surface area contributed by atoms with E-state index in [1.165, 1.54) is 0 Å². The Hall–Kier alpha value is -0.500. The first-order valence-corrected chi connectivity index (χ1v) is 3.22. The molecule has 0 spiro atoms. The van der Waals surface area contributed by atoms with Gasteiger partial charge in [-0.25, -0.2) is 4.79 Å². The average molecular weight is 126 g/mol. The third-order valence-corrected chi connectivity index (χ3v) is 1.96. The Labute approximate surface area is 54.9 Å². The van der Waals surface area contributed by atoms with Crippen molar-refractivity contribution in [2.75, 3.05) is 0 Å². The molecule has 0 bridgehead atoms. The molecule has 1 fully saturated rings. The van der Waals surface area contributed by atoms with Gasteiger partial charge in [-0.3, -0.25) is 0 Å². The van der Waals surface area contributed by atoms with Crippen molar-refractivity contribution in [2.24, 2.45) is 5.92 Å². The van der Waals surface area contributed by atoms with Crippen LogP contribution in [0.15, 0.2) is 0 Å². The zero-order chi connectivity index (χ0) is 7.02. The summed E-state index contributed by atoms with van der Waals surface area (Å²) in [7, 11) is 0. The molecule has 1 saturated carbocycles. The smallest absolute Gasteiger partial charge is 0.313 e. The van der Waals surface area contributed by atoms with Crippen LogP contribution in [0.25, 0.3) is 0 Å². The molecular formula is C7H10O2. The standard InChI is InChI=1S/C7H10O2/c1-3-5-6(8)4(2)7(5)9/h5-6H,3H2,1-2H3. The quantitative estimate of drug-likeness (QED) is 0.461. The molecule has 2 unspecified atom stereocenters. The third kappa shape index (κ3) is 0.741. The summed E-state index contributed by atoms with van der Waals surface area (Å²) in [6, 6.07) is 0. The number of ketones is 1. The van der Waals surface area contributed by atoms with Crippen LogP contribution in [0, 0.1) is 11.8 Å². The molecule has 2 nitrogen and oxygen atoms in total. The van der Waals surface area contributed by atoms with Gasteiger partial charge < -0.3 is 5.11 Å². The second kappa shape index (κ2) is 2.03. The van der Waals surface area contributed by atoms with Gasteiger partial charge in [0.15, 0.2) is 0 Å². The Balaban J connectivity index is 2.51. The minimum Gasteiger partial charge on any atom is -0.814 e. The maximum absolute atomic E-state index is 10.8. The summed E-state index contributed by atoms with van der Waals surface area (Å²) in [5.41, 5.74) is 0. The van der Waals surface area contributed by atoms with E-state index in [0.717, 1.165) is 0 Å². The molecular weight excluding hydrogens is 116 g/mol. The highest BCUT2D eigenvalue weighted by molar-refractivity contribution is 6.01. The van der Waals surface area contributed by atoms with E-state index in [1.54, 1.807) is 6.92 Å². The van der Waals surface area contributed by atoms with Crippen molar-refractivity contribution < 1.29 is 9.90 Å². The maximum Gasteiger partial charge on any atom is 0.313 e. The first-order valence-electron chi connectivity index (χ1n) is 3.22. The van der Waals surface area contributed by atoms with Gasteiger partial charge in [0.05, 0.1) is 18.9 Å². The van der Waals surface area contributed by atoms with Gasteiger partial charge in [0, 0.05) is 0 Å². The molecule has 0 aliphatic heterocycles. The van der Waals surface area contributed by atoms with Crippen LogP contribution in [0.5, 0.6) is 0 Å². The second-order valence-corrected chi connectivity index (χ2v) is 2.48. The number of carbonyl (C=O) groups excluding carboxylic acids is 1. The highest BCUT2D eigenvalue weighted by Gasteiger charge is 2.50. The molecule has 2 heteroatoms. The van der Waals surface area contributed by atoms with Gasteiger partial charge >= 0.3 is 5.78 Å². The minimum absolute atomic E-state index is 0.0810. The van der Waals surface area contributed by atoms with Crippen molar-refractivity contribution in [3.63, 3.8) is 0 Å². The Bertz CT molecular complexity index is 131. The Morgan fingerprint density at radius 2 is 2.33 bits per heavy atom.